The van der Waals surface area contributed by atoms with Crippen molar-refractivity contribution >= 4 is 17.3 Å². The second-order valence-electron chi connectivity index (χ2n) is 20.5. The fourth-order valence-electron chi connectivity index (χ4n) is 12.3. The van der Waals surface area contributed by atoms with Crippen molar-refractivity contribution in [2.75, 3.05) is 13.2 Å². The first-order valence-electron chi connectivity index (χ1n) is 24.9. The molecule has 8 atom stereocenters. The molecule has 2 aromatic rings. The summed E-state index contributed by atoms with van der Waals surface area (Å²) >= 11 is 0. The SMILES string of the molecule is CCCCCCCCOc1ccc(N=Nc2ccc(OCCCCCCC(=O)O[C@H]3CC[C@@]4(C)C(=CC[C@H]5[C@@H]6CC[C@H]([C@H](C)CCCC(C)C)[C@@]6(C)CC[C@@H]54)C3)cc2)cc1. The molecular formula is C54H82N2O4. The Morgan fingerprint density at radius 2 is 1.32 bits per heavy atom. The molecule has 332 valence electrons. The van der Waals surface area contributed by atoms with Gasteiger partial charge in [0.05, 0.1) is 24.6 Å². The molecule has 0 heterocycles. The van der Waals surface area contributed by atoms with Gasteiger partial charge in [-0.05, 0) is 159 Å². The van der Waals surface area contributed by atoms with Crippen molar-refractivity contribution in [3.05, 3.63) is 60.2 Å². The molecule has 4 aliphatic rings. The molecule has 0 aliphatic heterocycles. The van der Waals surface area contributed by atoms with Crippen molar-refractivity contribution in [1.82, 2.24) is 0 Å². The average Bonchev–Trinajstić information content (AvgIpc) is 3.60. The summed E-state index contributed by atoms with van der Waals surface area (Å²) in [6.45, 7) is 16.3. The van der Waals surface area contributed by atoms with Crippen LogP contribution in [0.5, 0.6) is 11.5 Å². The third kappa shape index (κ3) is 12.5. The minimum absolute atomic E-state index is 0.0100. The van der Waals surface area contributed by atoms with Gasteiger partial charge in [-0.3, -0.25) is 4.79 Å². The number of ether oxygens (including phenoxy) is 3. The van der Waals surface area contributed by atoms with Crippen molar-refractivity contribution in [2.45, 2.75) is 189 Å². The van der Waals surface area contributed by atoms with Crippen LogP contribution < -0.4 is 9.47 Å². The highest BCUT2D eigenvalue weighted by Gasteiger charge is 2.59. The van der Waals surface area contributed by atoms with E-state index in [1.165, 1.54) is 89.9 Å². The molecule has 6 heteroatoms. The molecular weight excluding hydrogens is 741 g/mol. The number of rotatable bonds is 24. The Morgan fingerprint density at radius 1 is 0.700 bits per heavy atom. The molecule has 0 saturated heterocycles. The van der Waals surface area contributed by atoms with Crippen molar-refractivity contribution in [2.24, 2.45) is 56.6 Å². The number of nitrogens with zero attached hydrogens (tertiary/aromatic N) is 2. The minimum Gasteiger partial charge on any atom is -0.494 e. The van der Waals surface area contributed by atoms with E-state index in [2.05, 4.69) is 57.8 Å². The van der Waals surface area contributed by atoms with Crippen LogP contribution in [0.1, 0.15) is 183 Å². The first-order chi connectivity index (χ1) is 29.1. The molecule has 6 nitrogen and oxygen atoms in total. The van der Waals surface area contributed by atoms with Gasteiger partial charge in [0.2, 0.25) is 0 Å². The zero-order valence-electron chi connectivity index (χ0n) is 38.7. The molecule has 0 amide bonds. The molecule has 4 aliphatic carbocycles. The summed E-state index contributed by atoms with van der Waals surface area (Å²) in [4.78, 5) is 13.0. The molecule has 0 bridgehead atoms. The second-order valence-corrected chi connectivity index (χ2v) is 20.5. The summed E-state index contributed by atoms with van der Waals surface area (Å²) < 4.78 is 18.0. The topological polar surface area (TPSA) is 69.5 Å². The largest absolute Gasteiger partial charge is 0.494 e. The number of unbranched alkanes of at least 4 members (excludes halogenated alkanes) is 8. The van der Waals surface area contributed by atoms with Gasteiger partial charge >= 0.3 is 5.97 Å². The number of hydrogen-bond donors (Lipinski definition) is 0. The maximum absolute atomic E-state index is 13.0. The van der Waals surface area contributed by atoms with Crippen LogP contribution in [0, 0.1) is 46.3 Å². The summed E-state index contributed by atoms with van der Waals surface area (Å²) in [7, 11) is 0. The summed E-state index contributed by atoms with van der Waals surface area (Å²) in [6, 6.07) is 15.6. The highest BCUT2D eigenvalue weighted by Crippen LogP contribution is 2.67. The number of carbonyl (C=O) groups is 1. The molecule has 0 radical (unpaired) electrons. The van der Waals surface area contributed by atoms with Crippen LogP contribution in [0.2, 0.25) is 0 Å². The van der Waals surface area contributed by atoms with Crippen LogP contribution in [0.4, 0.5) is 11.4 Å². The van der Waals surface area contributed by atoms with E-state index < -0.39 is 0 Å². The Labute approximate surface area is 365 Å². The van der Waals surface area contributed by atoms with E-state index in [-0.39, 0.29) is 12.1 Å². The van der Waals surface area contributed by atoms with E-state index in [1.807, 2.05) is 48.5 Å². The van der Waals surface area contributed by atoms with Gasteiger partial charge in [-0.1, -0.05) is 117 Å². The van der Waals surface area contributed by atoms with Crippen molar-refractivity contribution < 1.29 is 19.0 Å². The van der Waals surface area contributed by atoms with Crippen molar-refractivity contribution in [1.29, 1.82) is 0 Å². The Hall–Kier alpha value is -3.15. The molecule has 6 rings (SSSR count). The highest BCUT2D eigenvalue weighted by atomic mass is 16.5. The monoisotopic (exact) mass is 823 g/mol. The standard InChI is InChI=1S/C54H82N2O4/c1-7-8-9-10-12-15-37-58-45-26-22-43(23-27-45)55-56-44-24-28-46(29-25-44)59-38-16-13-11-14-20-52(57)60-47-33-35-53(5)42(39-47)21-30-48-50-32-31-49(41(4)19-17-18-40(2)3)54(50,6)36-34-51(48)53/h21-29,40-41,47-51H,7-20,30-39H2,1-6H3/t41-,47+,48+,49-,50+,51+,53+,54-/m1/s1. The number of hydrogen-bond acceptors (Lipinski definition) is 6. The third-order valence-electron chi connectivity index (χ3n) is 15.8. The summed E-state index contributed by atoms with van der Waals surface area (Å²) in [6.07, 6.45) is 28.9. The number of azo groups is 1. The molecule has 3 saturated carbocycles. The number of carbonyl (C=O) groups excluding carboxylic acids is 1. The average molecular weight is 823 g/mol. The maximum atomic E-state index is 13.0. The Morgan fingerprint density at radius 3 is 1.95 bits per heavy atom. The Kier molecular flexibility index (Phi) is 17.6. The second kappa shape index (κ2) is 22.8. The smallest absolute Gasteiger partial charge is 0.306 e. The first kappa shape index (κ1) is 46.4. The number of esters is 1. The molecule has 0 unspecified atom stereocenters. The van der Waals surface area contributed by atoms with Gasteiger partial charge in [0.25, 0.3) is 0 Å². The van der Waals surface area contributed by atoms with Crippen molar-refractivity contribution in [3.8, 4) is 11.5 Å². The summed E-state index contributed by atoms with van der Waals surface area (Å²) in [5.74, 6) is 6.82. The van der Waals surface area contributed by atoms with Gasteiger partial charge < -0.3 is 14.2 Å². The molecule has 0 N–H and O–H groups in total. The zero-order chi connectivity index (χ0) is 42.4. The molecule has 0 spiro atoms. The lowest BCUT2D eigenvalue weighted by Gasteiger charge is -2.58. The minimum atomic E-state index is -0.0100. The van der Waals surface area contributed by atoms with Gasteiger partial charge in [-0.25, -0.2) is 0 Å². The fourth-order valence-corrected chi connectivity index (χ4v) is 12.3. The van der Waals surface area contributed by atoms with Crippen LogP contribution >= 0.6 is 0 Å². The Bertz CT molecular complexity index is 1650. The first-order valence-corrected chi connectivity index (χ1v) is 24.9. The number of benzene rings is 2. The fraction of sp³-hybridized carbons (Fsp3) is 0.722. The lowest BCUT2D eigenvalue weighted by molar-refractivity contribution is -0.151. The normalized spacial score (nSPS) is 27.9. The summed E-state index contributed by atoms with van der Waals surface area (Å²) in [5.41, 5.74) is 4.01. The predicted octanol–water partition coefficient (Wildman–Crippen LogP) is 16.1. The van der Waals surface area contributed by atoms with Crippen molar-refractivity contribution in [3.63, 3.8) is 0 Å². The molecule has 0 aromatic heterocycles. The van der Waals surface area contributed by atoms with Gasteiger partial charge in [0.1, 0.15) is 17.6 Å². The van der Waals surface area contributed by atoms with Gasteiger partial charge in [-0.2, -0.15) is 10.2 Å². The highest BCUT2D eigenvalue weighted by molar-refractivity contribution is 5.69. The van der Waals surface area contributed by atoms with E-state index in [0.717, 1.165) is 110 Å². The predicted molar refractivity (Wildman–Crippen MR) is 247 cm³/mol. The van der Waals surface area contributed by atoms with Crippen LogP contribution in [0.3, 0.4) is 0 Å². The number of allylic oxidation sites excluding steroid dienone is 1. The van der Waals surface area contributed by atoms with E-state index in [1.54, 1.807) is 5.57 Å². The third-order valence-corrected chi connectivity index (χ3v) is 15.8. The maximum Gasteiger partial charge on any atom is 0.306 e. The van der Waals surface area contributed by atoms with Crippen LogP contribution in [-0.2, 0) is 9.53 Å². The molecule has 3 fully saturated rings. The van der Waals surface area contributed by atoms with Crippen LogP contribution in [-0.4, -0.2) is 25.3 Å². The van der Waals surface area contributed by atoms with Gasteiger partial charge in [0.15, 0.2) is 0 Å². The lowest BCUT2D eigenvalue weighted by atomic mass is 9.47. The van der Waals surface area contributed by atoms with Crippen LogP contribution in [0.25, 0.3) is 0 Å². The van der Waals surface area contributed by atoms with E-state index in [9.17, 15) is 4.79 Å². The van der Waals surface area contributed by atoms with Gasteiger partial charge in [-0.15, -0.1) is 0 Å². The van der Waals surface area contributed by atoms with E-state index in [4.69, 9.17) is 14.2 Å². The summed E-state index contributed by atoms with van der Waals surface area (Å²) in [5, 5.41) is 8.78. The lowest BCUT2D eigenvalue weighted by Crippen LogP contribution is -2.51. The van der Waals surface area contributed by atoms with Crippen LogP contribution in [0.15, 0.2) is 70.4 Å². The zero-order valence-corrected chi connectivity index (χ0v) is 38.7. The quantitative estimate of drug-likeness (QED) is 0.0458. The molecule has 2 aromatic carbocycles. The van der Waals surface area contributed by atoms with E-state index >= 15 is 0 Å². The molecule has 60 heavy (non-hydrogen) atoms. The van der Waals surface area contributed by atoms with E-state index in [0.29, 0.717) is 23.9 Å². The Balaban J connectivity index is 0.830. The number of fused-ring (bicyclic) bond motifs is 5. The van der Waals surface area contributed by atoms with Gasteiger partial charge in [0, 0.05) is 12.8 Å².